The zero-order chi connectivity index (χ0) is 13.2. The third-order valence-corrected chi connectivity index (χ3v) is 5.06. The minimum Gasteiger partial charge on any atom is -0.381 e. The van der Waals surface area contributed by atoms with E-state index in [0.29, 0.717) is 24.0 Å². The van der Waals surface area contributed by atoms with Crippen LogP contribution in [-0.2, 0) is 9.53 Å². The lowest BCUT2D eigenvalue weighted by atomic mass is 10.00. The van der Waals surface area contributed by atoms with E-state index in [1.807, 2.05) is 0 Å². The normalized spacial score (nSPS) is 34.4. The summed E-state index contributed by atoms with van der Waals surface area (Å²) in [5, 5.41) is 3.62. The van der Waals surface area contributed by atoms with E-state index >= 15 is 0 Å². The first kappa shape index (κ1) is 13.4. The molecule has 4 heteroatoms. The van der Waals surface area contributed by atoms with Crippen molar-refractivity contribution in [2.75, 3.05) is 13.2 Å². The number of amides is 1. The van der Waals surface area contributed by atoms with Crippen molar-refractivity contribution >= 4 is 5.91 Å². The van der Waals surface area contributed by atoms with Gasteiger partial charge in [-0.1, -0.05) is 19.8 Å². The van der Waals surface area contributed by atoms with E-state index in [9.17, 15) is 4.79 Å². The first-order chi connectivity index (χ1) is 9.31. The van der Waals surface area contributed by atoms with E-state index in [4.69, 9.17) is 4.74 Å². The van der Waals surface area contributed by atoms with E-state index < -0.39 is 0 Å². The molecule has 4 nitrogen and oxygen atoms in total. The number of hydrogen-bond acceptors (Lipinski definition) is 3. The number of nitrogens with one attached hydrogen (secondary N) is 1. The Bertz CT molecular complexity index is 322. The van der Waals surface area contributed by atoms with Gasteiger partial charge in [-0.15, -0.1) is 0 Å². The van der Waals surface area contributed by atoms with Crippen molar-refractivity contribution in [3.63, 3.8) is 0 Å². The summed E-state index contributed by atoms with van der Waals surface area (Å²) in [6.07, 6.45) is 8.43. The van der Waals surface area contributed by atoms with Gasteiger partial charge in [-0.05, 0) is 38.0 Å². The summed E-state index contributed by atoms with van der Waals surface area (Å²) >= 11 is 0. The fourth-order valence-corrected chi connectivity index (χ4v) is 3.97. The highest BCUT2D eigenvalue weighted by Crippen LogP contribution is 2.34. The second-order valence-corrected chi connectivity index (χ2v) is 6.21. The summed E-state index contributed by atoms with van der Waals surface area (Å²) in [4.78, 5) is 14.8. The number of ether oxygens (including phenoxy) is 1. The lowest BCUT2D eigenvalue weighted by molar-refractivity contribution is -0.135. The summed E-state index contributed by atoms with van der Waals surface area (Å²) in [5.74, 6) is 1.01. The minimum atomic E-state index is 0.0495. The molecule has 0 bridgehead atoms. The lowest BCUT2D eigenvalue weighted by Crippen LogP contribution is -2.49. The Balaban J connectivity index is 1.76. The lowest BCUT2D eigenvalue weighted by Gasteiger charge is -2.37. The van der Waals surface area contributed by atoms with Crippen LogP contribution < -0.4 is 5.32 Å². The third-order valence-electron chi connectivity index (χ3n) is 5.06. The predicted molar refractivity (Wildman–Crippen MR) is 73.6 cm³/mol. The van der Waals surface area contributed by atoms with Crippen LogP contribution in [0.3, 0.4) is 0 Å². The highest BCUT2D eigenvalue weighted by molar-refractivity contribution is 5.84. The van der Waals surface area contributed by atoms with Crippen molar-refractivity contribution < 1.29 is 9.53 Å². The summed E-state index contributed by atoms with van der Waals surface area (Å²) < 4.78 is 5.45. The molecule has 1 saturated carbocycles. The van der Waals surface area contributed by atoms with Gasteiger partial charge in [-0.25, -0.2) is 0 Å². The van der Waals surface area contributed by atoms with E-state index in [1.54, 1.807) is 0 Å². The van der Waals surface area contributed by atoms with E-state index in [2.05, 4.69) is 17.1 Å². The fourth-order valence-electron chi connectivity index (χ4n) is 3.97. The second-order valence-electron chi connectivity index (χ2n) is 6.21. The molecule has 0 aromatic rings. The van der Waals surface area contributed by atoms with Gasteiger partial charge >= 0.3 is 0 Å². The van der Waals surface area contributed by atoms with Gasteiger partial charge in [0.05, 0.1) is 12.2 Å². The van der Waals surface area contributed by atoms with Crippen molar-refractivity contribution in [1.82, 2.24) is 10.2 Å². The molecule has 3 rings (SSSR count). The van der Waals surface area contributed by atoms with Gasteiger partial charge in [0.1, 0.15) is 0 Å². The minimum absolute atomic E-state index is 0.0495. The summed E-state index contributed by atoms with van der Waals surface area (Å²) in [5.41, 5.74) is 0. The van der Waals surface area contributed by atoms with Crippen molar-refractivity contribution in [1.29, 1.82) is 0 Å². The van der Waals surface area contributed by atoms with Gasteiger partial charge in [0, 0.05) is 19.3 Å². The van der Waals surface area contributed by atoms with Gasteiger partial charge in [0.15, 0.2) is 0 Å². The van der Waals surface area contributed by atoms with Gasteiger partial charge in [0.25, 0.3) is 0 Å². The third kappa shape index (κ3) is 2.52. The van der Waals surface area contributed by atoms with Crippen molar-refractivity contribution in [3.05, 3.63) is 0 Å². The van der Waals surface area contributed by atoms with Crippen LogP contribution in [0.4, 0.5) is 0 Å². The molecule has 2 atom stereocenters. The molecule has 1 aliphatic carbocycles. The molecule has 3 fully saturated rings. The number of rotatable bonds is 3. The molecule has 2 aliphatic heterocycles. The predicted octanol–water partition coefficient (Wildman–Crippen LogP) is 1.89. The Morgan fingerprint density at radius 1 is 1.21 bits per heavy atom. The summed E-state index contributed by atoms with van der Waals surface area (Å²) in [6, 6.07) is 0.448. The first-order valence-electron chi connectivity index (χ1n) is 7.97. The van der Waals surface area contributed by atoms with Gasteiger partial charge in [-0.3, -0.25) is 10.1 Å². The fraction of sp³-hybridized carbons (Fsp3) is 0.933. The maximum Gasteiger partial charge on any atom is 0.241 e. The Hall–Kier alpha value is -0.610. The molecule has 19 heavy (non-hydrogen) atoms. The second kappa shape index (κ2) is 5.80. The maximum absolute atomic E-state index is 12.6. The van der Waals surface area contributed by atoms with E-state index in [-0.39, 0.29) is 6.04 Å². The Morgan fingerprint density at radius 2 is 1.89 bits per heavy atom. The van der Waals surface area contributed by atoms with Crippen LogP contribution in [0.1, 0.15) is 51.9 Å². The molecule has 0 aromatic heterocycles. The maximum atomic E-state index is 12.6. The Labute approximate surface area is 115 Å². The monoisotopic (exact) mass is 266 g/mol. The van der Waals surface area contributed by atoms with Crippen molar-refractivity contribution in [2.24, 2.45) is 5.92 Å². The Kier molecular flexibility index (Phi) is 4.08. The van der Waals surface area contributed by atoms with E-state index in [0.717, 1.165) is 32.5 Å². The molecule has 2 heterocycles. The molecule has 108 valence electrons. The molecule has 0 spiro atoms. The van der Waals surface area contributed by atoms with Crippen LogP contribution in [0, 0.1) is 5.92 Å². The topological polar surface area (TPSA) is 41.6 Å². The van der Waals surface area contributed by atoms with Crippen LogP contribution in [0.25, 0.3) is 0 Å². The highest BCUT2D eigenvalue weighted by atomic mass is 16.5. The molecular formula is C15H26N2O2. The van der Waals surface area contributed by atoms with Gasteiger partial charge in [-0.2, -0.15) is 0 Å². The molecule has 0 aromatic carbocycles. The number of hydrogen-bond donors (Lipinski definition) is 1. The summed E-state index contributed by atoms with van der Waals surface area (Å²) in [6.45, 7) is 3.72. The number of carbonyl (C=O) groups is 1. The highest BCUT2D eigenvalue weighted by Gasteiger charge is 2.45. The van der Waals surface area contributed by atoms with E-state index in [1.165, 1.54) is 25.7 Å². The smallest absolute Gasteiger partial charge is 0.241 e. The van der Waals surface area contributed by atoms with Crippen LogP contribution >= 0.6 is 0 Å². The standard InChI is InChI=1S/C15H26N2O2/c1-2-13-15(18)17(12-7-9-19-10-8-12)14(16-13)11-5-3-4-6-11/h11-14,16H,2-10H2,1H3. The van der Waals surface area contributed by atoms with Gasteiger partial charge in [0.2, 0.25) is 5.91 Å². The SMILES string of the molecule is CCC1NC(C2CCCC2)N(C2CCOCC2)C1=O. The Morgan fingerprint density at radius 3 is 2.53 bits per heavy atom. The molecule has 1 N–H and O–H groups in total. The first-order valence-corrected chi connectivity index (χ1v) is 7.97. The molecule has 2 saturated heterocycles. The number of nitrogens with zero attached hydrogens (tertiary/aromatic N) is 1. The van der Waals surface area contributed by atoms with Crippen LogP contribution in [0.2, 0.25) is 0 Å². The quantitative estimate of drug-likeness (QED) is 0.848. The molecule has 3 aliphatic rings. The van der Waals surface area contributed by atoms with Crippen LogP contribution in [0.15, 0.2) is 0 Å². The van der Waals surface area contributed by atoms with Crippen molar-refractivity contribution in [3.8, 4) is 0 Å². The zero-order valence-corrected chi connectivity index (χ0v) is 11.9. The van der Waals surface area contributed by atoms with Crippen LogP contribution in [-0.4, -0.2) is 42.3 Å². The molecular weight excluding hydrogens is 240 g/mol. The van der Waals surface area contributed by atoms with Gasteiger partial charge < -0.3 is 9.64 Å². The number of carbonyl (C=O) groups excluding carboxylic acids is 1. The molecule has 2 unspecified atom stereocenters. The van der Waals surface area contributed by atoms with Crippen molar-refractivity contribution in [2.45, 2.75) is 70.1 Å². The average molecular weight is 266 g/mol. The van der Waals surface area contributed by atoms with Crippen LogP contribution in [0.5, 0.6) is 0 Å². The average Bonchev–Trinajstić information content (AvgIpc) is 3.07. The largest absolute Gasteiger partial charge is 0.381 e. The molecule has 0 radical (unpaired) electrons. The molecule has 1 amide bonds. The summed E-state index contributed by atoms with van der Waals surface area (Å²) in [7, 11) is 0. The zero-order valence-electron chi connectivity index (χ0n) is 11.9.